The van der Waals surface area contributed by atoms with Crippen molar-refractivity contribution in [3.63, 3.8) is 0 Å². The third kappa shape index (κ3) is 4.46. The standard InChI is InChI=1S/C23H19N7O/c1-16(2)30-15-26-29-22(30)21-10-6-9-19(27-21)18-11-14-25-28-20(18)12-13-24-23(31)17-7-4-3-5-8-17/h3-11,14-16H,1-2H3,(H,24,31). The van der Waals surface area contributed by atoms with Crippen LogP contribution in [-0.4, -0.2) is 35.9 Å². The van der Waals surface area contributed by atoms with E-state index in [-0.39, 0.29) is 11.9 Å². The van der Waals surface area contributed by atoms with E-state index in [9.17, 15) is 4.79 Å². The van der Waals surface area contributed by atoms with Gasteiger partial charge in [-0.05, 0) is 50.1 Å². The van der Waals surface area contributed by atoms with Crippen molar-refractivity contribution in [1.29, 1.82) is 0 Å². The van der Waals surface area contributed by atoms with E-state index in [0.29, 0.717) is 34.0 Å². The number of rotatable bonds is 4. The van der Waals surface area contributed by atoms with E-state index >= 15 is 0 Å². The molecular weight excluding hydrogens is 390 g/mol. The Morgan fingerprint density at radius 1 is 0.968 bits per heavy atom. The van der Waals surface area contributed by atoms with Gasteiger partial charge in [-0.2, -0.15) is 5.10 Å². The molecular formula is C23H19N7O. The molecule has 1 N–H and O–H groups in total. The van der Waals surface area contributed by atoms with Crippen molar-refractivity contribution in [2.45, 2.75) is 19.9 Å². The Balaban J connectivity index is 1.63. The van der Waals surface area contributed by atoms with E-state index in [1.807, 2.05) is 28.8 Å². The van der Waals surface area contributed by atoms with Gasteiger partial charge in [-0.15, -0.1) is 15.3 Å². The van der Waals surface area contributed by atoms with Gasteiger partial charge in [0.25, 0.3) is 5.91 Å². The summed E-state index contributed by atoms with van der Waals surface area (Å²) < 4.78 is 1.96. The molecule has 3 aromatic heterocycles. The Morgan fingerprint density at radius 3 is 2.58 bits per heavy atom. The van der Waals surface area contributed by atoms with Crippen LogP contribution in [0.5, 0.6) is 0 Å². The number of carbonyl (C=O) groups excluding carboxylic acids is 1. The summed E-state index contributed by atoms with van der Waals surface area (Å²) in [5, 5.41) is 18.8. The fraction of sp³-hybridized carbons (Fsp3) is 0.130. The van der Waals surface area contributed by atoms with Crippen LogP contribution in [0, 0.1) is 12.0 Å². The number of hydrogen-bond donors (Lipinski definition) is 1. The molecule has 8 heteroatoms. The van der Waals surface area contributed by atoms with Crippen LogP contribution in [0.1, 0.15) is 35.9 Å². The SMILES string of the molecule is CC(C)n1cnnc1-c1cccc(-c2ccnnc2C#CNC(=O)c2ccccc2)n1. The minimum atomic E-state index is -0.285. The van der Waals surface area contributed by atoms with Crippen molar-refractivity contribution in [2.75, 3.05) is 0 Å². The third-order valence-electron chi connectivity index (χ3n) is 4.50. The van der Waals surface area contributed by atoms with E-state index in [2.05, 4.69) is 51.5 Å². The van der Waals surface area contributed by atoms with Gasteiger partial charge < -0.3 is 4.57 Å². The number of benzene rings is 1. The van der Waals surface area contributed by atoms with Crippen molar-refractivity contribution in [1.82, 2.24) is 35.3 Å². The van der Waals surface area contributed by atoms with Crippen LogP contribution < -0.4 is 5.32 Å². The van der Waals surface area contributed by atoms with Gasteiger partial charge in [-0.1, -0.05) is 24.3 Å². The maximum absolute atomic E-state index is 12.2. The summed E-state index contributed by atoms with van der Waals surface area (Å²) in [6, 6.07) is 19.2. The molecule has 8 nitrogen and oxygen atoms in total. The molecule has 0 saturated heterocycles. The molecule has 1 aromatic carbocycles. The first-order valence-corrected chi connectivity index (χ1v) is 9.69. The number of nitrogens with zero attached hydrogens (tertiary/aromatic N) is 6. The van der Waals surface area contributed by atoms with E-state index in [0.717, 1.165) is 0 Å². The van der Waals surface area contributed by atoms with Crippen molar-refractivity contribution in [3.05, 3.63) is 78.4 Å². The van der Waals surface area contributed by atoms with Crippen LogP contribution in [0.25, 0.3) is 22.8 Å². The first-order chi connectivity index (χ1) is 15.1. The van der Waals surface area contributed by atoms with Gasteiger partial charge in [0.15, 0.2) is 5.82 Å². The second-order valence-corrected chi connectivity index (χ2v) is 6.93. The highest BCUT2D eigenvalue weighted by atomic mass is 16.1. The number of aromatic nitrogens is 6. The first kappa shape index (κ1) is 19.9. The summed E-state index contributed by atoms with van der Waals surface area (Å²) in [4.78, 5) is 16.9. The zero-order valence-electron chi connectivity index (χ0n) is 17.0. The van der Waals surface area contributed by atoms with E-state index in [1.165, 1.54) is 0 Å². The van der Waals surface area contributed by atoms with Crippen LogP contribution in [0.2, 0.25) is 0 Å². The topological polar surface area (TPSA) is 98.5 Å². The van der Waals surface area contributed by atoms with Crippen molar-refractivity contribution < 1.29 is 4.79 Å². The second kappa shape index (κ2) is 8.97. The summed E-state index contributed by atoms with van der Waals surface area (Å²) in [7, 11) is 0. The number of amides is 1. The molecule has 0 radical (unpaired) electrons. The average molecular weight is 409 g/mol. The number of pyridine rings is 1. The van der Waals surface area contributed by atoms with Crippen LogP contribution in [0.3, 0.4) is 0 Å². The molecule has 0 bridgehead atoms. The minimum absolute atomic E-state index is 0.202. The second-order valence-electron chi connectivity index (χ2n) is 6.93. The molecule has 3 heterocycles. The summed E-state index contributed by atoms with van der Waals surface area (Å²) in [6.45, 7) is 4.11. The summed E-state index contributed by atoms with van der Waals surface area (Å²) >= 11 is 0. The monoisotopic (exact) mass is 409 g/mol. The Kier molecular flexibility index (Phi) is 5.76. The zero-order valence-corrected chi connectivity index (χ0v) is 17.0. The molecule has 0 aliphatic rings. The van der Waals surface area contributed by atoms with Gasteiger partial charge in [0.2, 0.25) is 0 Å². The van der Waals surface area contributed by atoms with Gasteiger partial charge >= 0.3 is 0 Å². The first-order valence-electron chi connectivity index (χ1n) is 9.69. The largest absolute Gasteiger partial charge is 0.310 e. The van der Waals surface area contributed by atoms with Crippen molar-refractivity contribution >= 4 is 5.91 Å². The van der Waals surface area contributed by atoms with Crippen molar-refractivity contribution in [2.24, 2.45) is 0 Å². The van der Waals surface area contributed by atoms with Crippen LogP contribution >= 0.6 is 0 Å². The molecule has 4 aromatic rings. The zero-order chi connectivity index (χ0) is 21.6. The molecule has 0 unspecified atom stereocenters. The molecule has 0 fully saturated rings. The fourth-order valence-corrected chi connectivity index (χ4v) is 2.95. The number of carbonyl (C=O) groups is 1. The normalized spacial score (nSPS) is 10.4. The summed E-state index contributed by atoms with van der Waals surface area (Å²) in [5.41, 5.74) is 3.00. The molecule has 1 amide bonds. The number of nitrogens with one attached hydrogen (secondary N) is 1. The Hall–Kier alpha value is -4.38. The molecule has 0 aliphatic carbocycles. The highest BCUT2D eigenvalue weighted by molar-refractivity contribution is 5.95. The minimum Gasteiger partial charge on any atom is -0.310 e. The lowest BCUT2D eigenvalue weighted by atomic mass is 10.1. The Morgan fingerprint density at radius 2 is 1.77 bits per heavy atom. The lowest BCUT2D eigenvalue weighted by Gasteiger charge is -2.10. The lowest BCUT2D eigenvalue weighted by Crippen LogP contribution is -2.17. The van der Waals surface area contributed by atoms with E-state index in [1.54, 1.807) is 42.9 Å². The van der Waals surface area contributed by atoms with Gasteiger partial charge in [0, 0.05) is 23.2 Å². The third-order valence-corrected chi connectivity index (χ3v) is 4.50. The van der Waals surface area contributed by atoms with Gasteiger partial charge in [-0.3, -0.25) is 10.1 Å². The smallest absolute Gasteiger partial charge is 0.262 e. The van der Waals surface area contributed by atoms with E-state index < -0.39 is 0 Å². The molecule has 0 aliphatic heterocycles. The highest BCUT2D eigenvalue weighted by Crippen LogP contribution is 2.24. The average Bonchev–Trinajstić information content (AvgIpc) is 3.30. The summed E-state index contributed by atoms with van der Waals surface area (Å²) in [5.74, 6) is 3.26. The van der Waals surface area contributed by atoms with Crippen LogP contribution in [0.15, 0.2) is 67.1 Å². The molecule has 0 atom stereocenters. The molecule has 0 saturated carbocycles. The van der Waals surface area contributed by atoms with Gasteiger partial charge in [0.05, 0.1) is 11.9 Å². The maximum Gasteiger partial charge on any atom is 0.262 e. The fourth-order valence-electron chi connectivity index (χ4n) is 2.95. The van der Waals surface area contributed by atoms with Gasteiger partial charge in [-0.25, -0.2) is 4.98 Å². The van der Waals surface area contributed by atoms with Crippen LogP contribution in [0.4, 0.5) is 0 Å². The quantitative estimate of drug-likeness (QED) is 0.411. The van der Waals surface area contributed by atoms with E-state index in [4.69, 9.17) is 4.98 Å². The molecule has 0 spiro atoms. The van der Waals surface area contributed by atoms with Gasteiger partial charge in [0.1, 0.15) is 17.7 Å². The highest BCUT2D eigenvalue weighted by Gasteiger charge is 2.13. The predicted octanol–water partition coefficient (Wildman–Crippen LogP) is 3.12. The summed E-state index contributed by atoms with van der Waals surface area (Å²) in [6.07, 6.45) is 3.27. The maximum atomic E-state index is 12.2. The number of hydrogen-bond acceptors (Lipinski definition) is 6. The molecule has 4 rings (SSSR count). The Bertz CT molecular complexity index is 1270. The lowest BCUT2D eigenvalue weighted by molar-refractivity contribution is 0.0973. The Labute approximate surface area is 179 Å². The predicted molar refractivity (Wildman–Crippen MR) is 115 cm³/mol. The molecule has 152 valence electrons. The molecule has 31 heavy (non-hydrogen) atoms. The van der Waals surface area contributed by atoms with Crippen molar-refractivity contribution in [3.8, 4) is 34.7 Å². The van der Waals surface area contributed by atoms with Crippen LogP contribution in [-0.2, 0) is 0 Å².